The Hall–Kier alpha value is -1.58. The van der Waals surface area contributed by atoms with E-state index in [0.29, 0.717) is 0 Å². The van der Waals surface area contributed by atoms with Gasteiger partial charge in [-0.3, -0.25) is 0 Å². The molecule has 1 aromatic carbocycles. The van der Waals surface area contributed by atoms with Crippen LogP contribution in [-0.2, 0) is 0 Å². The molecule has 0 aliphatic carbocycles. The Kier molecular flexibility index (Phi) is 14.1. The smallest absolute Gasteiger partial charge is 0.0480 e. The fourth-order valence-electron chi connectivity index (χ4n) is 1.45. The standard InChI is InChI=1S/C9H16Si.C6H7N.H2O/c1-4-7-10(8-5-2)9-6-3;7-6-4-2-1-3-5-6;/h4-6,10H,1-3,7-9H2;1-5H,7H2;1H2. The Morgan fingerprint density at radius 2 is 1.28 bits per heavy atom. The SMILES string of the molecule is C=CC[SiH](CC=C)CC=C.Nc1ccccc1.O. The van der Waals surface area contributed by atoms with Crippen LogP contribution in [0.25, 0.3) is 0 Å². The number of benzene rings is 1. The van der Waals surface area contributed by atoms with Crippen LogP contribution in [0.2, 0.25) is 18.1 Å². The summed E-state index contributed by atoms with van der Waals surface area (Å²) in [6, 6.07) is 13.1. The lowest BCUT2D eigenvalue weighted by atomic mass is 10.3. The van der Waals surface area contributed by atoms with Gasteiger partial charge in [0.2, 0.25) is 0 Å². The van der Waals surface area contributed by atoms with Crippen LogP contribution in [0.5, 0.6) is 0 Å². The van der Waals surface area contributed by atoms with E-state index in [2.05, 4.69) is 19.7 Å². The van der Waals surface area contributed by atoms with Gasteiger partial charge in [0.05, 0.1) is 0 Å². The molecule has 4 N–H and O–H groups in total. The van der Waals surface area contributed by atoms with Crippen LogP contribution in [0, 0.1) is 0 Å². The molecule has 0 heterocycles. The van der Waals surface area contributed by atoms with Crippen molar-refractivity contribution in [3.63, 3.8) is 0 Å². The van der Waals surface area contributed by atoms with E-state index in [1.807, 2.05) is 48.6 Å². The highest BCUT2D eigenvalue weighted by atomic mass is 28.3. The molecule has 3 heteroatoms. The Balaban J connectivity index is 0. The molecule has 1 aromatic rings. The van der Waals surface area contributed by atoms with Gasteiger partial charge in [-0.1, -0.05) is 36.4 Å². The molecule has 0 radical (unpaired) electrons. The largest absolute Gasteiger partial charge is 0.412 e. The molecule has 0 unspecified atom stereocenters. The molecule has 0 fully saturated rings. The normalized spacial score (nSPS) is 8.50. The number of allylic oxidation sites excluding steroid dienone is 3. The molecule has 0 bridgehead atoms. The van der Waals surface area contributed by atoms with Crippen molar-refractivity contribution in [3.05, 3.63) is 68.3 Å². The molecule has 0 atom stereocenters. The van der Waals surface area contributed by atoms with E-state index in [1.165, 1.54) is 18.1 Å². The van der Waals surface area contributed by atoms with Gasteiger partial charge in [0, 0.05) is 14.5 Å². The minimum Gasteiger partial charge on any atom is -0.412 e. The predicted octanol–water partition coefficient (Wildman–Crippen LogP) is 3.22. The molecule has 0 aliphatic heterocycles. The van der Waals surface area contributed by atoms with E-state index in [4.69, 9.17) is 5.73 Å². The first-order valence-corrected chi connectivity index (χ1v) is 8.32. The highest BCUT2D eigenvalue weighted by Crippen LogP contribution is 2.06. The maximum absolute atomic E-state index is 5.36. The number of para-hydroxylation sites is 1. The van der Waals surface area contributed by atoms with Gasteiger partial charge in [0.15, 0.2) is 0 Å². The van der Waals surface area contributed by atoms with E-state index in [0.717, 1.165) is 5.69 Å². The Labute approximate surface area is 112 Å². The number of hydrogen-bond donors (Lipinski definition) is 1. The van der Waals surface area contributed by atoms with Gasteiger partial charge in [-0.15, -0.1) is 19.7 Å². The maximum atomic E-state index is 5.36. The zero-order valence-electron chi connectivity index (χ0n) is 11.0. The van der Waals surface area contributed by atoms with E-state index < -0.39 is 8.80 Å². The van der Waals surface area contributed by atoms with Gasteiger partial charge in [0.1, 0.15) is 0 Å². The van der Waals surface area contributed by atoms with E-state index >= 15 is 0 Å². The Bertz CT molecular complexity index is 301. The van der Waals surface area contributed by atoms with Crippen molar-refractivity contribution in [2.75, 3.05) is 5.73 Å². The van der Waals surface area contributed by atoms with E-state index in [-0.39, 0.29) is 5.48 Å². The number of nitrogens with two attached hydrogens (primary N) is 1. The number of rotatable bonds is 6. The van der Waals surface area contributed by atoms with Gasteiger partial charge in [-0.25, -0.2) is 0 Å². The second kappa shape index (κ2) is 13.5. The molecule has 0 spiro atoms. The molecule has 0 saturated carbocycles. The molecule has 0 amide bonds. The van der Waals surface area contributed by atoms with Crippen LogP contribution in [0.4, 0.5) is 5.69 Å². The van der Waals surface area contributed by atoms with Gasteiger partial charge in [0.25, 0.3) is 0 Å². The lowest BCUT2D eigenvalue weighted by molar-refractivity contribution is 0.824. The van der Waals surface area contributed by atoms with Crippen molar-refractivity contribution in [1.29, 1.82) is 0 Å². The van der Waals surface area contributed by atoms with Crippen molar-refractivity contribution < 1.29 is 5.48 Å². The van der Waals surface area contributed by atoms with Crippen LogP contribution in [0.3, 0.4) is 0 Å². The van der Waals surface area contributed by atoms with Crippen molar-refractivity contribution in [1.82, 2.24) is 0 Å². The summed E-state index contributed by atoms with van der Waals surface area (Å²) in [5.41, 5.74) is 6.18. The highest BCUT2D eigenvalue weighted by Gasteiger charge is 2.02. The minimum absolute atomic E-state index is 0. The minimum atomic E-state index is -0.588. The molecule has 1 rings (SSSR count). The summed E-state index contributed by atoms with van der Waals surface area (Å²) in [4.78, 5) is 0. The van der Waals surface area contributed by atoms with Crippen molar-refractivity contribution in [2.45, 2.75) is 18.1 Å². The lowest BCUT2D eigenvalue weighted by Gasteiger charge is -2.05. The number of anilines is 1. The zero-order chi connectivity index (χ0) is 12.9. The molecular formula is C15H25NOSi. The van der Waals surface area contributed by atoms with Crippen molar-refractivity contribution >= 4 is 14.5 Å². The summed E-state index contributed by atoms with van der Waals surface area (Å²) >= 11 is 0. The summed E-state index contributed by atoms with van der Waals surface area (Å²) < 4.78 is 0. The van der Waals surface area contributed by atoms with Gasteiger partial charge < -0.3 is 11.2 Å². The summed E-state index contributed by atoms with van der Waals surface area (Å²) in [5, 5.41) is 0. The zero-order valence-corrected chi connectivity index (χ0v) is 12.2. The second-order valence-electron chi connectivity index (χ2n) is 3.85. The van der Waals surface area contributed by atoms with Crippen molar-refractivity contribution in [3.8, 4) is 0 Å². The first-order chi connectivity index (χ1) is 8.24. The molecular weight excluding hydrogens is 238 g/mol. The second-order valence-corrected chi connectivity index (χ2v) is 7.00. The number of hydrogen-bond acceptors (Lipinski definition) is 1. The summed E-state index contributed by atoms with van der Waals surface area (Å²) in [5.74, 6) is 0. The quantitative estimate of drug-likeness (QED) is 0.478. The monoisotopic (exact) mass is 263 g/mol. The topological polar surface area (TPSA) is 57.5 Å². The summed E-state index contributed by atoms with van der Waals surface area (Å²) in [6.07, 6.45) is 6.05. The predicted molar refractivity (Wildman–Crippen MR) is 86.6 cm³/mol. The van der Waals surface area contributed by atoms with Gasteiger partial charge >= 0.3 is 0 Å². The fraction of sp³-hybridized carbons (Fsp3) is 0.200. The van der Waals surface area contributed by atoms with E-state index in [1.54, 1.807) is 0 Å². The Morgan fingerprint density at radius 3 is 1.50 bits per heavy atom. The van der Waals surface area contributed by atoms with Gasteiger partial charge in [-0.05, 0) is 30.3 Å². The van der Waals surface area contributed by atoms with Crippen LogP contribution >= 0.6 is 0 Å². The van der Waals surface area contributed by atoms with Crippen LogP contribution < -0.4 is 5.73 Å². The average Bonchev–Trinajstić information content (AvgIpc) is 2.32. The Morgan fingerprint density at radius 1 is 0.889 bits per heavy atom. The van der Waals surface area contributed by atoms with Crippen molar-refractivity contribution in [2.24, 2.45) is 0 Å². The summed E-state index contributed by atoms with van der Waals surface area (Å²) in [6.45, 7) is 11.2. The van der Waals surface area contributed by atoms with Crippen LogP contribution in [0.1, 0.15) is 0 Å². The fourth-order valence-corrected chi connectivity index (χ4v) is 3.44. The molecule has 0 saturated heterocycles. The molecule has 0 aromatic heterocycles. The maximum Gasteiger partial charge on any atom is 0.0480 e. The first kappa shape index (κ1) is 18.8. The summed E-state index contributed by atoms with van der Waals surface area (Å²) in [7, 11) is -0.588. The first-order valence-electron chi connectivity index (χ1n) is 5.87. The molecule has 18 heavy (non-hydrogen) atoms. The third-order valence-corrected chi connectivity index (χ3v) is 5.30. The van der Waals surface area contributed by atoms with Crippen LogP contribution in [0.15, 0.2) is 68.3 Å². The molecule has 0 aliphatic rings. The highest BCUT2D eigenvalue weighted by molar-refractivity contribution is 6.60. The third-order valence-electron chi connectivity index (χ3n) is 2.30. The number of nitrogen functional groups attached to an aromatic ring is 1. The van der Waals surface area contributed by atoms with E-state index in [9.17, 15) is 0 Å². The average molecular weight is 263 g/mol. The lowest BCUT2D eigenvalue weighted by Crippen LogP contribution is -2.07. The van der Waals surface area contributed by atoms with Gasteiger partial charge in [-0.2, -0.15) is 0 Å². The third kappa shape index (κ3) is 10.9. The molecule has 100 valence electrons. The molecule has 2 nitrogen and oxygen atoms in total. The van der Waals surface area contributed by atoms with Crippen LogP contribution in [-0.4, -0.2) is 14.3 Å².